The second-order valence-corrected chi connectivity index (χ2v) is 6.92. The summed E-state index contributed by atoms with van der Waals surface area (Å²) in [5, 5.41) is 0. The van der Waals surface area contributed by atoms with Crippen molar-refractivity contribution in [3.63, 3.8) is 0 Å². The number of carbonyl (C=O) groups is 1. The van der Waals surface area contributed by atoms with Crippen LogP contribution in [0.2, 0.25) is 0 Å². The average Bonchev–Trinajstić information content (AvgIpc) is 2.96. The van der Waals surface area contributed by atoms with Gasteiger partial charge in [0, 0.05) is 25.0 Å². The first-order valence-electron chi connectivity index (χ1n) is 8.72. The molecule has 1 amide bonds. The highest BCUT2D eigenvalue weighted by Gasteiger charge is 2.35. The van der Waals surface area contributed by atoms with Crippen molar-refractivity contribution in [2.24, 2.45) is 11.7 Å². The van der Waals surface area contributed by atoms with Crippen LogP contribution in [0.1, 0.15) is 29.6 Å². The molecule has 0 bridgehead atoms. The first kappa shape index (κ1) is 17.6. The summed E-state index contributed by atoms with van der Waals surface area (Å²) in [6, 6.07) is 13.8. The Labute approximate surface area is 149 Å². The predicted molar refractivity (Wildman–Crippen MR) is 98.7 cm³/mol. The highest BCUT2D eigenvalue weighted by atomic mass is 16.1. The van der Waals surface area contributed by atoms with E-state index in [0.717, 1.165) is 25.1 Å². The maximum absolute atomic E-state index is 12.1. The van der Waals surface area contributed by atoms with Crippen molar-refractivity contribution in [2.75, 3.05) is 27.2 Å². The van der Waals surface area contributed by atoms with Gasteiger partial charge in [-0.3, -0.25) is 19.6 Å². The van der Waals surface area contributed by atoms with Crippen LogP contribution in [0.15, 0.2) is 54.9 Å². The van der Waals surface area contributed by atoms with Gasteiger partial charge in [0.2, 0.25) is 5.91 Å². The molecule has 132 valence electrons. The topological polar surface area (TPSA) is 62.5 Å². The fourth-order valence-corrected chi connectivity index (χ4v) is 4.04. The minimum Gasteiger partial charge on any atom is -0.368 e. The van der Waals surface area contributed by atoms with Crippen LogP contribution >= 0.6 is 0 Å². The Bertz CT molecular complexity index is 691. The van der Waals surface area contributed by atoms with Gasteiger partial charge in [-0.2, -0.15) is 0 Å². The summed E-state index contributed by atoms with van der Waals surface area (Å²) in [6.07, 6.45) is 4.85. The van der Waals surface area contributed by atoms with Crippen LogP contribution in [-0.2, 0) is 4.79 Å². The number of nitrogens with two attached hydrogens (primary N) is 1. The molecule has 5 heteroatoms. The molecule has 1 saturated heterocycles. The lowest BCUT2D eigenvalue weighted by Crippen LogP contribution is -2.39. The number of aromatic nitrogens is 1. The second kappa shape index (κ2) is 7.76. The van der Waals surface area contributed by atoms with E-state index in [1.165, 1.54) is 5.56 Å². The third-order valence-corrected chi connectivity index (χ3v) is 5.15. The quantitative estimate of drug-likeness (QED) is 0.877. The third-order valence-electron chi connectivity index (χ3n) is 5.15. The molecule has 25 heavy (non-hydrogen) atoms. The molecule has 3 rings (SSSR count). The van der Waals surface area contributed by atoms with Gasteiger partial charge in [-0.15, -0.1) is 0 Å². The van der Waals surface area contributed by atoms with Crippen molar-refractivity contribution in [3.8, 4) is 0 Å². The summed E-state index contributed by atoms with van der Waals surface area (Å²) in [7, 11) is 4.14. The maximum atomic E-state index is 12.1. The normalized spacial score (nSPS) is 22.2. The molecule has 3 atom stereocenters. The Hall–Kier alpha value is -2.24. The van der Waals surface area contributed by atoms with E-state index < -0.39 is 6.04 Å². The molecule has 1 aromatic carbocycles. The van der Waals surface area contributed by atoms with E-state index in [9.17, 15) is 4.79 Å². The Kier molecular flexibility index (Phi) is 5.46. The van der Waals surface area contributed by atoms with Crippen LogP contribution in [0, 0.1) is 5.92 Å². The van der Waals surface area contributed by atoms with Gasteiger partial charge < -0.3 is 5.73 Å². The maximum Gasteiger partial charge on any atom is 0.239 e. The number of hydrogen-bond donors (Lipinski definition) is 1. The van der Waals surface area contributed by atoms with Crippen molar-refractivity contribution in [1.82, 2.24) is 14.8 Å². The number of amides is 1. The first-order valence-corrected chi connectivity index (χ1v) is 8.72. The smallest absolute Gasteiger partial charge is 0.239 e. The average molecular weight is 338 g/mol. The van der Waals surface area contributed by atoms with Gasteiger partial charge in [0.15, 0.2) is 0 Å². The lowest BCUT2D eigenvalue weighted by Gasteiger charge is -2.32. The number of pyridine rings is 1. The molecule has 1 fully saturated rings. The summed E-state index contributed by atoms with van der Waals surface area (Å²) in [6.45, 7) is 1.86. The van der Waals surface area contributed by atoms with Crippen LogP contribution in [0.25, 0.3) is 0 Å². The molecule has 2 aromatic rings. The molecular weight excluding hydrogens is 312 g/mol. The summed E-state index contributed by atoms with van der Waals surface area (Å²) in [4.78, 5) is 20.8. The van der Waals surface area contributed by atoms with E-state index in [0.29, 0.717) is 12.0 Å². The van der Waals surface area contributed by atoms with Crippen molar-refractivity contribution in [2.45, 2.75) is 18.5 Å². The number of hydrogen-bond acceptors (Lipinski definition) is 4. The van der Waals surface area contributed by atoms with Crippen molar-refractivity contribution in [3.05, 3.63) is 66.0 Å². The fraction of sp³-hybridized carbons (Fsp3) is 0.400. The Morgan fingerprint density at radius 1 is 1.32 bits per heavy atom. The summed E-state index contributed by atoms with van der Waals surface area (Å²) < 4.78 is 0. The summed E-state index contributed by atoms with van der Waals surface area (Å²) in [5.41, 5.74) is 7.89. The van der Waals surface area contributed by atoms with E-state index in [2.05, 4.69) is 27.9 Å². The van der Waals surface area contributed by atoms with E-state index in [-0.39, 0.29) is 5.91 Å². The minimum absolute atomic E-state index is 0.307. The number of primary amides is 1. The highest BCUT2D eigenvalue weighted by Crippen LogP contribution is 2.37. The molecule has 1 aromatic heterocycles. The number of benzene rings is 1. The van der Waals surface area contributed by atoms with E-state index in [1.54, 1.807) is 6.20 Å². The van der Waals surface area contributed by atoms with E-state index in [4.69, 9.17) is 5.73 Å². The third kappa shape index (κ3) is 3.89. The lowest BCUT2D eigenvalue weighted by atomic mass is 9.93. The standard InChI is InChI=1S/C20H26N4O/c1-23-12-10-17(18(23)16-9-6-11-22-13-16)14-24(2)19(20(21)25)15-7-4-3-5-8-15/h3-9,11,13,17-19H,10,12,14H2,1-2H3,(H2,21,25)/t17-,18-,19-/m0/s1. The molecule has 2 heterocycles. The van der Waals surface area contributed by atoms with Gasteiger partial charge >= 0.3 is 0 Å². The van der Waals surface area contributed by atoms with Crippen LogP contribution in [0.5, 0.6) is 0 Å². The van der Waals surface area contributed by atoms with Gasteiger partial charge in [-0.05, 0) is 50.2 Å². The highest BCUT2D eigenvalue weighted by molar-refractivity contribution is 5.81. The van der Waals surface area contributed by atoms with Crippen molar-refractivity contribution in [1.29, 1.82) is 0 Å². The Balaban J connectivity index is 1.78. The predicted octanol–water partition coefficient (Wildman–Crippen LogP) is 2.23. The second-order valence-electron chi connectivity index (χ2n) is 6.92. The van der Waals surface area contributed by atoms with Crippen molar-refractivity contribution < 1.29 is 4.79 Å². The zero-order valence-corrected chi connectivity index (χ0v) is 14.9. The van der Waals surface area contributed by atoms with Gasteiger partial charge in [-0.1, -0.05) is 36.4 Å². The molecule has 0 unspecified atom stereocenters. The monoisotopic (exact) mass is 338 g/mol. The number of carbonyl (C=O) groups excluding carboxylic acids is 1. The molecule has 5 nitrogen and oxygen atoms in total. The molecular formula is C20H26N4O. The van der Waals surface area contributed by atoms with Gasteiger partial charge in [-0.25, -0.2) is 0 Å². The summed E-state index contributed by atoms with van der Waals surface area (Å²) >= 11 is 0. The number of likely N-dealkylation sites (tertiary alicyclic amines) is 1. The number of likely N-dealkylation sites (N-methyl/N-ethyl adjacent to an activating group) is 1. The van der Waals surface area contributed by atoms with Crippen LogP contribution in [-0.4, -0.2) is 47.9 Å². The SMILES string of the molecule is CN(C[C@@H]1CCN(C)[C@H]1c1cccnc1)[C@H](C(N)=O)c1ccccc1. The van der Waals surface area contributed by atoms with Crippen LogP contribution in [0.4, 0.5) is 0 Å². The Morgan fingerprint density at radius 3 is 2.72 bits per heavy atom. The molecule has 2 N–H and O–H groups in total. The van der Waals surface area contributed by atoms with E-state index >= 15 is 0 Å². The zero-order valence-electron chi connectivity index (χ0n) is 14.9. The molecule has 0 saturated carbocycles. The van der Waals surface area contributed by atoms with Gasteiger partial charge in [0.05, 0.1) is 0 Å². The minimum atomic E-state index is -0.401. The molecule has 0 radical (unpaired) electrons. The lowest BCUT2D eigenvalue weighted by molar-refractivity contribution is -0.123. The number of nitrogens with zero attached hydrogens (tertiary/aromatic N) is 3. The molecule has 0 spiro atoms. The molecule has 0 aliphatic carbocycles. The molecule has 1 aliphatic rings. The van der Waals surface area contributed by atoms with Gasteiger partial charge in [0.25, 0.3) is 0 Å². The summed E-state index contributed by atoms with van der Waals surface area (Å²) in [5.74, 6) is 0.128. The zero-order chi connectivity index (χ0) is 17.8. The van der Waals surface area contributed by atoms with Crippen LogP contribution < -0.4 is 5.73 Å². The van der Waals surface area contributed by atoms with Gasteiger partial charge in [0.1, 0.15) is 6.04 Å². The Morgan fingerprint density at radius 2 is 2.08 bits per heavy atom. The molecule has 1 aliphatic heterocycles. The first-order chi connectivity index (χ1) is 12.1. The van der Waals surface area contributed by atoms with E-state index in [1.807, 2.05) is 49.6 Å². The number of rotatable bonds is 6. The van der Waals surface area contributed by atoms with Crippen molar-refractivity contribution >= 4 is 5.91 Å². The van der Waals surface area contributed by atoms with Crippen LogP contribution in [0.3, 0.4) is 0 Å². The fourth-order valence-electron chi connectivity index (χ4n) is 4.04. The largest absolute Gasteiger partial charge is 0.368 e.